The summed E-state index contributed by atoms with van der Waals surface area (Å²) in [5, 5.41) is 3.36. The minimum atomic E-state index is -0.176. The molecule has 19 heavy (non-hydrogen) atoms. The number of halogens is 1. The van der Waals surface area contributed by atoms with Crippen LogP contribution < -0.4 is 10.2 Å². The van der Waals surface area contributed by atoms with Gasteiger partial charge in [-0.2, -0.15) is 0 Å². The SMILES string of the molecule is CCNC(C)c1cc(F)ccc1N1CCOC(C)C1. The van der Waals surface area contributed by atoms with Gasteiger partial charge in [-0.3, -0.25) is 0 Å². The van der Waals surface area contributed by atoms with E-state index in [1.165, 1.54) is 6.07 Å². The van der Waals surface area contributed by atoms with E-state index in [0.717, 1.165) is 37.5 Å². The number of anilines is 1. The predicted octanol–water partition coefficient (Wildman–Crippen LogP) is 2.72. The van der Waals surface area contributed by atoms with Gasteiger partial charge < -0.3 is 15.0 Å². The Balaban J connectivity index is 2.27. The van der Waals surface area contributed by atoms with Crippen LogP contribution in [-0.4, -0.2) is 32.3 Å². The van der Waals surface area contributed by atoms with Gasteiger partial charge in [0, 0.05) is 24.8 Å². The number of ether oxygens (including phenoxy) is 1. The van der Waals surface area contributed by atoms with Crippen LogP contribution in [-0.2, 0) is 4.74 Å². The zero-order valence-electron chi connectivity index (χ0n) is 11.9. The van der Waals surface area contributed by atoms with Crippen LogP contribution in [0.3, 0.4) is 0 Å². The van der Waals surface area contributed by atoms with Gasteiger partial charge in [-0.05, 0) is 44.2 Å². The number of benzene rings is 1. The summed E-state index contributed by atoms with van der Waals surface area (Å²) < 4.78 is 19.1. The third kappa shape index (κ3) is 3.45. The molecule has 0 amide bonds. The van der Waals surface area contributed by atoms with Gasteiger partial charge in [-0.25, -0.2) is 4.39 Å². The quantitative estimate of drug-likeness (QED) is 0.907. The van der Waals surface area contributed by atoms with Crippen LogP contribution in [0.15, 0.2) is 18.2 Å². The van der Waals surface area contributed by atoms with E-state index in [9.17, 15) is 4.39 Å². The topological polar surface area (TPSA) is 24.5 Å². The average molecular weight is 266 g/mol. The van der Waals surface area contributed by atoms with Gasteiger partial charge in [-0.1, -0.05) is 6.92 Å². The lowest BCUT2D eigenvalue weighted by Crippen LogP contribution is -2.42. The van der Waals surface area contributed by atoms with Crippen molar-refractivity contribution in [3.63, 3.8) is 0 Å². The smallest absolute Gasteiger partial charge is 0.123 e. The van der Waals surface area contributed by atoms with E-state index in [0.29, 0.717) is 0 Å². The first-order chi connectivity index (χ1) is 9.11. The Hall–Kier alpha value is -1.13. The summed E-state index contributed by atoms with van der Waals surface area (Å²) in [6.07, 6.45) is 0.223. The molecular weight excluding hydrogens is 243 g/mol. The highest BCUT2D eigenvalue weighted by molar-refractivity contribution is 5.55. The number of rotatable bonds is 4. The Morgan fingerprint density at radius 3 is 3.00 bits per heavy atom. The molecule has 0 aliphatic carbocycles. The lowest BCUT2D eigenvalue weighted by Gasteiger charge is -2.35. The summed E-state index contributed by atoms with van der Waals surface area (Å²) >= 11 is 0. The molecule has 1 fully saturated rings. The maximum atomic E-state index is 13.5. The highest BCUT2D eigenvalue weighted by Gasteiger charge is 2.21. The average Bonchev–Trinajstić information content (AvgIpc) is 2.39. The van der Waals surface area contributed by atoms with Gasteiger partial charge in [0.2, 0.25) is 0 Å². The van der Waals surface area contributed by atoms with E-state index >= 15 is 0 Å². The molecule has 0 bridgehead atoms. The number of nitrogens with zero attached hydrogens (tertiary/aromatic N) is 1. The number of morpholine rings is 1. The summed E-state index contributed by atoms with van der Waals surface area (Å²) in [6.45, 7) is 9.53. The third-order valence-corrected chi connectivity index (χ3v) is 3.55. The van der Waals surface area contributed by atoms with Crippen LogP contribution >= 0.6 is 0 Å². The Bertz CT molecular complexity index is 425. The zero-order valence-corrected chi connectivity index (χ0v) is 11.9. The zero-order chi connectivity index (χ0) is 13.8. The van der Waals surface area contributed by atoms with Crippen LogP contribution in [0, 0.1) is 5.82 Å². The van der Waals surface area contributed by atoms with Crippen LogP contribution in [0.2, 0.25) is 0 Å². The highest BCUT2D eigenvalue weighted by atomic mass is 19.1. The fraction of sp³-hybridized carbons (Fsp3) is 0.600. The normalized spacial score (nSPS) is 21.5. The third-order valence-electron chi connectivity index (χ3n) is 3.55. The van der Waals surface area contributed by atoms with Gasteiger partial charge in [0.05, 0.1) is 12.7 Å². The van der Waals surface area contributed by atoms with Crippen molar-refractivity contribution < 1.29 is 9.13 Å². The molecule has 0 spiro atoms. The molecule has 0 aromatic heterocycles. The predicted molar refractivity (Wildman–Crippen MR) is 76.1 cm³/mol. The van der Waals surface area contributed by atoms with Crippen LogP contribution in [0.4, 0.5) is 10.1 Å². The molecule has 2 unspecified atom stereocenters. The maximum Gasteiger partial charge on any atom is 0.123 e. The van der Waals surface area contributed by atoms with E-state index in [2.05, 4.69) is 31.0 Å². The number of hydrogen-bond acceptors (Lipinski definition) is 3. The highest BCUT2D eigenvalue weighted by Crippen LogP contribution is 2.28. The van der Waals surface area contributed by atoms with Crippen molar-refractivity contribution in [1.29, 1.82) is 0 Å². The fourth-order valence-electron chi connectivity index (χ4n) is 2.61. The second kappa shape index (κ2) is 6.35. The molecule has 0 radical (unpaired) electrons. The Morgan fingerprint density at radius 1 is 1.53 bits per heavy atom. The molecule has 1 heterocycles. The standard InChI is InChI=1S/C15H23FN2O/c1-4-17-12(3)14-9-13(16)5-6-15(14)18-7-8-19-11(2)10-18/h5-6,9,11-12,17H,4,7-8,10H2,1-3H3. The Kier molecular flexibility index (Phi) is 4.77. The molecule has 1 aliphatic heterocycles. The molecule has 1 aromatic carbocycles. The van der Waals surface area contributed by atoms with Crippen LogP contribution in [0.5, 0.6) is 0 Å². The summed E-state index contributed by atoms with van der Waals surface area (Å²) in [4.78, 5) is 2.29. The minimum absolute atomic E-state index is 0.147. The van der Waals surface area contributed by atoms with E-state index in [4.69, 9.17) is 4.74 Å². The van der Waals surface area contributed by atoms with Crippen molar-refractivity contribution in [3.05, 3.63) is 29.6 Å². The van der Waals surface area contributed by atoms with E-state index in [-0.39, 0.29) is 18.0 Å². The summed E-state index contributed by atoms with van der Waals surface area (Å²) in [5.74, 6) is -0.176. The number of nitrogens with one attached hydrogen (secondary N) is 1. The van der Waals surface area contributed by atoms with Crippen molar-refractivity contribution in [3.8, 4) is 0 Å². The fourth-order valence-corrected chi connectivity index (χ4v) is 2.61. The maximum absolute atomic E-state index is 13.5. The van der Waals surface area contributed by atoms with Gasteiger partial charge in [0.25, 0.3) is 0 Å². The Labute approximate surface area is 114 Å². The molecule has 1 aromatic rings. The first kappa shape index (κ1) is 14.3. The lowest BCUT2D eigenvalue weighted by atomic mass is 10.0. The monoisotopic (exact) mass is 266 g/mol. The molecule has 2 atom stereocenters. The molecule has 1 aliphatic rings. The van der Waals surface area contributed by atoms with Crippen molar-refractivity contribution in [2.75, 3.05) is 31.1 Å². The van der Waals surface area contributed by atoms with Gasteiger partial charge in [0.15, 0.2) is 0 Å². The lowest BCUT2D eigenvalue weighted by molar-refractivity contribution is 0.0531. The van der Waals surface area contributed by atoms with Crippen molar-refractivity contribution in [2.45, 2.75) is 32.9 Å². The molecular formula is C15H23FN2O. The minimum Gasteiger partial charge on any atom is -0.375 e. The van der Waals surface area contributed by atoms with E-state index in [1.807, 2.05) is 6.07 Å². The van der Waals surface area contributed by atoms with Crippen molar-refractivity contribution in [1.82, 2.24) is 5.32 Å². The molecule has 4 heteroatoms. The van der Waals surface area contributed by atoms with Gasteiger partial charge in [-0.15, -0.1) is 0 Å². The first-order valence-electron chi connectivity index (χ1n) is 7.01. The molecule has 106 valence electrons. The van der Waals surface area contributed by atoms with Crippen LogP contribution in [0.1, 0.15) is 32.4 Å². The molecule has 1 saturated heterocycles. The summed E-state index contributed by atoms with van der Waals surface area (Å²) in [5.41, 5.74) is 2.14. The van der Waals surface area contributed by atoms with Crippen molar-refractivity contribution in [2.24, 2.45) is 0 Å². The second-order valence-electron chi connectivity index (χ2n) is 5.11. The molecule has 3 nitrogen and oxygen atoms in total. The van der Waals surface area contributed by atoms with Crippen LogP contribution in [0.25, 0.3) is 0 Å². The van der Waals surface area contributed by atoms with Crippen molar-refractivity contribution >= 4 is 5.69 Å². The second-order valence-corrected chi connectivity index (χ2v) is 5.11. The summed E-state index contributed by atoms with van der Waals surface area (Å²) in [6, 6.07) is 5.21. The van der Waals surface area contributed by atoms with E-state index in [1.54, 1.807) is 6.07 Å². The summed E-state index contributed by atoms with van der Waals surface area (Å²) in [7, 11) is 0. The van der Waals surface area contributed by atoms with Gasteiger partial charge >= 0.3 is 0 Å². The van der Waals surface area contributed by atoms with E-state index < -0.39 is 0 Å². The molecule has 2 rings (SSSR count). The van der Waals surface area contributed by atoms with Gasteiger partial charge in [0.1, 0.15) is 5.82 Å². The molecule has 0 saturated carbocycles. The molecule has 1 N–H and O–H groups in total. The number of hydrogen-bond donors (Lipinski definition) is 1. The Morgan fingerprint density at radius 2 is 2.32 bits per heavy atom. The first-order valence-corrected chi connectivity index (χ1v) is 7.01. The largest absolute Gasteiger partial charge is 0.375 e.